The van der Waals surface area contributed by atoms with Gasteiger partial charge in [-0.05, 0) is 0 Å². The zero-order chi connectivity index (χ0) is 13.1. The first kappa shape index (κ1) is 12.6. The van der Waals surface area contributed by atoms with Crippen molar-refractivity contribution in [3.8, 4) is 5.88 Å². The molecule has 0 spiro atoms. The van der Waals surface area contributed by atoms with E-state index in [1.807, 2.05) is 0 Å². The summed E-state index contributed by atoms with van der Waals surface area (Å²) in [6, 6.07) is 1.37. The van der Waals surface area contributed by atoms with E-state index in [9.17, 15) is 4.79 Å². The molecule has 2 atom stereocenters. The lowest BCUT2D eigenvalue weighted by Gasteiger charge is -2.26. The van der Waals surface area contributed by atoms with Crippen LogP contribution < -0.4 is 9.64 Å². The van der Waals surface area contributed by atoms with Crippen molar-refractivity contribution in [1.29, 1.82) is 0 Å². The fourth-order valence-electron chi connectivity index (χ4n) is 1.92. The number of carboxylic acid groups (broad SMARTS) is 1. The van der Waals surface area contributed by atoms with Gasteiger partial charge in [0.05, 0.1) is 26.4 Å². The predicted octanol–water partition coefficient (Wildman–Crippen LogP) is 0.0210. The molecule has 0 radical (unpaired) electrons. The van der Waals surface area contributed by atoms with Crippen LogP contribution in [0, 0.1) is 5.92 Å². The Labute approximate surface area is 104 Å². The van der Waals surface area contributed by atoms with Gasteiger partial charge >= 0.3 is 5.97 Å². The normalized spacial score (nSPS) is 22.8. The Kier molecular flexibility index (Phi) is 3.61. The van der Waals surface area contributed by atoms with Crippen LogP contribution >= 0.6 is 0 Å². The van der Waals surface area contributed by atoms with Crippen molar-refractivity contribution in [2.24, 2.45) is 5.92 Å². The fraction of sp³-hybridized carbons (Fsp3) is 0.545. The molecule has 98 valence electrons. The fourth-order valence-corrected chi connectivity index (χ4v) is 1.92. The molecule has 7 nitrogen and oxygen atoms in total. The van der Waals surface area contributed by atoms with Gasteiger partial charge in [-0.15, -0.1) is 0 Å². The standard InChI is InChI=1S/C11H15N3O4/c1-14(8-6-18-5-7(8)10(15)16)11-12-4-3-9(13-11)17-2/h3-4,7-8H,5-6H2,1-2H3,(H,15,16). The van der Waals surface area contributed by atoms with Crippen LogP contribution in [-0.2, 0) is 9.53 Å². The molecule has 0 aliphatic carbocycles. The number of anilines is 1. The summed E-state index contributed by atoms with van der Waals surface area (Å²) in [4.78, 5) is 21.1. The number of aromatic nitrogens is 2. The highest BCUT2D eigenvalue weighted by molar-refractivity contribution is 5.72. The molecule has 1 aliphatic rings. The van der Waals surface area contributed by atoms with Crippen molar-refractivity contribution in [2.45, 2.75) is 6.04 Å². The molecule has 1 aliphatic heterocycles. The van der Waals surface area contributed by atoms with Crippen molar-refractivity contribution in [2.75, 3.05) is 32.3 Å². The summed E-state index contributed by atoms with van der Waals surface area (Å²) in [5, 5.41) is 9.11. The van der Waals surface area contributed by atoms with Crippen LogP contribution in [0.5, 0.6) is 5.88 Å². The molecule has 1 N–H and O–H groups in total. The molecule has 1 aromatic rings. The van der Waals surface area contributed by atoms with Crippen LogP contribution in [0.4, 0.5) is 5.95 Å². The smallest absolute Gasteiger partial charge is 0.311 e. The number of rotatable bonds is 4. The van der Waals surface area contributed by atoms with Gasteiger partial charge in [-0.3, -0.25) is 4.79 Å². The molecule has 1 fully saturated rings. The van der Waals surface area contributed by atoms with Gasteiger partial charge in [-0.1, -0.05) is 0 Å². The Balaban J connectivity index is 2.19. The van der Waals surface area contributed by atoms with Crippen LogP contribution in [0.25, 0.3) is 0 Å². The second-order valence-electron chi connectivity index (χ2n) is 4.06. The number of carbonyl (C=O) groups is 1. The molecular formula is C11H15N3O4. The van der Waals surface area contributed by atoms with Crippen LogP contribution in [0.15, 0.2) is 12.3 Å². The monoisotopic (exact) mass is 253 g/mol. The number of carboxylic acids is 1. The maximum atomic E-state index is 11.1. The third kappa shape index (κ3) is 2.35. The van der Waals surface area contributed by atoms with E-state index in [0.29, 0.717) is 18.4 Å². The van der Waals surface area contributed by atoms with Crippen molar-refractivity contribution in [3.63, 3.8) is 0 Å². The van der Waals surface area contributed by atoms with Crippen LogP contribution in [0.3, 0.4) is 0 Å². The van der Waals surface area contributed by atoms with E-state index in [1.54, 1.807) is 24.2 Å². The lowest BCUT2D eigenvalue weighted by molar-refractivity contribution is -0.141. The minimum absolute atomic E-state index is 0.217. The zero-order valence-electron chi connectivity index (χ0n) is 10.2. The summed E-state index contributed by atoms with van der Waals surface area (Å²) in [6.45, 7) is 0.572. The molecule has 0 amide bonds. The lowest BCUT2D eigenvalue weighted by Crippen LogP contribution is -2.41. The van der Waals surface area contributed by atoms with Gasteiger partial charge in [-0.2, -0.15) is 4.98 Å². The number of ether oxygens (including phenoxy) is 2. The maximum absolute atomic E-state index is 11.1. The molecular weight excluding hydrogens is 238 g/mol. The second kappa shape index (κ2) is 5.18. The molecule has 18 heavy (non-hydrogen) atoms. The Hall–Kier alpha value is -1.89. The van der Waals surface area contributed by atoms with Crippen LogP contribution in [0.1, 0.15) is 0 Å². The number of hydrogen-bond acceptors (Lipinski definition) is 6. The van der Waals surface area contributed by atoms with Crippen molar-refractivity contribution in [1.82, 2.24) is 9.97 Å². The molecule has 2 heterocycles. The Bertz CT molecular complexity index is 440. The number of likely N-dealkylation sites (N-methyl/N-ethyl adjacent to an activating group) is 1. The van der Waals surface area contributed by atoms with Gasteiger partial charge < -0.3 is 19.5 Å². The average molecular weight is 253 g/mol. The highest BCUT2D eigenvalue weighted by Crippen LogP contribution is 2.22. The van der Waals surface area contributed by atoms with Gasteiger partial charge in [0.1, 0.15) is 5.92 Å². The first-order valence-electron chi connectivity index (χ1n) is 5.54. The summed E-state index contributed by atoms with van der Waals surface area (Å²) in [7, 11) is 3.27. The largest absolute Gasteiger partial charge is 0.481 e. The third-order valence-corrected chi connectivity index (χ3v) is 3.01. The van der Waals surface area contributed by atoms with Gasteiger partial charge in [0.15, 0.2) is 0 Å². The summed E-state index contributed by atoms with van der Waals surface area (Å²) >= 11 is 0. The Morgan fingerprint density at radius 2 is 2.39 bits per heavy atom. The van der Waals surface area contributed by atoms with Crippen LogP contribution in [0.2, 0.25) is 0 Å². The van der Waals surface area contributed by atoms with Crippen molar-refractivity contribution >= 4 is 11.9 Å². The Morgan fingerprint density at radius 1 is 1.61 bits per heavy atom. The number of methoxy groups -OCH3 is 1. The minimum atomic E-state index is -0.868. The maximum Gasteiger partial charge on any atom is 0.311 e. The summed E-state index contributed by atoms with van der Waals surface area (Å²) < 4.78 is 10.2. The molecule has 7 heteroatoms. The van der Waals surface area contributed by atoms with E-state index in [-0.39, 0.29) is 12.6 Å². The SMILES string of the molecule is COc1ccnc(N(C)C2COCC2C(=O)O)n1. The molecule has 1 saturated heterocycles. The van der Waals surface area contributed by atoms with E-state index in [2.05, 4.69) is 9.97 Å². The van der Waals surface area contributed by atoms with Gasteiger partial charge in [-0.25, -0.2) is 4.98 Å². The van der Waals surface area contributed by atoms with Crippen molar-refractivity contribution < 1.29 is 19.4 Å². The highest BCUT2D eigenvalue weighted by Gasteiger charge is 2.37. The zero-order valence-corrected chi connectivity index (χ0v) is 10.2. The molecule has 0 aromatic carbocycles. The van der Waals surface area contributed by atoms with Crippen molar-refractivity contribution in [3.05, 3.63) is 12.3 Å². The highest BCUT2D eigenvalue weighted by atomic mass is 16.5. The molecule has 2 rings (SSSR count). The second-order valence-corrected chi connectivity index (χ2v) is 4.06. The first-order chi connectivity index (χ1) is 8.63. The molecule has 0 saturated carbocycles. The molecule has 1 aromatic heterocycles. The third-order valence-electron chi connectivity index (χ3n) is 3.01. The number of nitrogens with zero attached hydrogens (tertiary/aromatic N) is 3. The number of aliphatic carboxylic acids is 1. The molecule has 0 bridgehead atoms. The summed E-state index contributed by atoms with van der Waals surface area (Å²) in [5.41, 5.74) is 0. The lowest BCUT2D eigenvalue weighted by atomic mass is 10.0. The van der Waals surface area contributed by atoms with E-state index in [4.69, 9.17) is 14.6 Å². The summed E-state index contributed by atoms with van der Waals surface area (Å²) in [6.07, 6.45) is 1.57. The molecule has 2 unspecified atom stereocenters. The van der Waals surface area contributed by atoms with E-state index >= 15 is 0 Å². The van der Waals surface area contributed by atoms with E-state index in [0.717, 1.165) is 0 Å². The number of hydrogen-bond donors (Lipinski definition) is 1. The van der Waals surface area contributed by atoms with E-state index in [1.165, 1.54) is 7.11 Å². The predicted molar refractivity (Wildman–Crippen MR) is 62.7 cm³/mol. The van der Waals surface area contributed by atoms with E-state index < -0.39 is 11.9 Å². The van der Waals surface area contributed by atoms with Crippen LogP contribution in [-0.4, -0.2) is 54.5 Å². The minimum Gasteiger partial charge on any atom is -0.481 e. The quantitative estimate of drug-likeness (QED) is 0.809. The first-order valence-corrected chi connectivity index (χ1v) is 5.54. The average Bonchev–Trinajstić information content (AvgIpc) is 2.87. The topological polar surface area (TPSA) is 84.8 Å². The Morgan fingerprint density at radius 3 is 3.06 bits per heavy atom. The van der Waals surface area contributed by atoms with Gasteiger partial charge in [0.2, 0.25) is 11.8 Å². The summed E-state index contributed by atoms with van der Waals surface area (Å²) in [5.74, 6) is -0.564. The van der Waals surface area contributed by atoms with Gasteiger partial charge in [0.25, 0.3) is 0 Å². The van der Waals surface area contributed by atoms with Gasteiger partial charge in [0, 0.05) is 19.3 Å².